The lowest BCUT2D eigenvalue weighted by Crippen LogP contribution is -2.51. The normalized spacial score (nSPS) is 19.6. The zero-order chi connectivity index (χ0) is 18.9. The van der Waals surface area contributed by atoms with Gasteiger partial charge in [-0.1, -0.05) is 18.2 Å². The molecule has 8 nitrogen and oxygen atoms in total. The van der Waals surface area contributed by atoms with Crippen molar-refractivity contribution < 1.29 is 9.18 Å². The zero-order valence-corrected chi connectivity index (χ0v) is 14.3. The van der Waals surface area contributed by atoms with E-state index >= 15 is 0 Å². The summed E-state index contributed by atoms with van der Waals surface area (Å²) in [6, 6.07) is 8.98. The zero-order valence-electron chi connectivity index (χ0n) is 14.3. The first-order chi connectivity index (χ1) is 13.1. The third-order valence-electron chi connectivity index (χ3n) is 4.65. The van der Waals surface area contributed by atoms with Crippen LogP contribution in [0.15, 0.2) is 36.5 Å². The molecular formula is C18H16FN7O. The fourth-order valence-electron chi connectivity index (χ4n) is 3.23. The number of hydrogen-bond acceptors (Lipinski definition) is 6. The molecule has 0 saturated carbocycles. The lowest BCUT2D eigenvalue weighted by atomic mass is 9.94. The predicted octanol–water partition coefficient (Wildman–Crippen LogP) is 2.24. The standard InChI is InChI=1S/C18H16FN7O/c19-18(7-2-8-26(10-18)11-20)17(27)22-15-6-5-14(23-24-15)13-4-1-3-12-9-21-25-16(12)13/h1,3-6,9H,2,7-8,10H2,(H,21,25)(H,22,24,27). The number of para-hydroxylation sites is 1. The summed E-state index contributed by atoms with van der Waals surface area (Å²) >= 11 is 0. The van der Waals surface area contributed by atoms with Crippen molar-refractivity contribution in [2.75, 3.05) is 18.4 Å². The van der Waals surface area contributed by atoms with Gasteiger partial charge in [-0.05, 0) is 25.0 Å². The average Bonchev–Trinajstić information content (AvgIpc) is 3.17. The van der Waals surface area contributed by atoms with E-state index in [0.29, 0.717) is 18.7 Å². The smallest absolute Gasteiger partial charge is 0.265 e. The molecule has 0 radical (unpaired) electrons. The van der Waals surface area contributed by atoms with Crippen LogP contribution in [0.4, 0.5) is 10.2 Å². The maximum Gasteiger partial charge on any atom is 0.265 e. The van der Waals surface area contributed by atoms with Crippen molar-refractivity contribution in [1.29, 1.82) is 5.26 Å². The number of carbonyl (C=O) groups is 1. The van der Waals surface area contributed by atoms with Gasteiger partial charge < -0.3 is 10.2 Å². The van der Waals surface area contributed by atoms with E-state index in [0.717, 1.165) is 16.5 Å². The fraction of sp³-hybridized carbons (Fsp3) is 0.278. The molecule has 0 spiro atoms. The molecule has 9 heteroatoms. The van der Waals surface area contributed by atoms with E-state index in [-0.39, 0.29) is 18.8 Å². The number of piperidine rings is 1. The number of hydrogen-bond donors (Lipinski definition) is 2. The van der Waals surface area contributed by atoms with Gasteiger partial charge in [-0.3, -0.25) is 9.89 Å². The van der Waals surface area contributed by atoms with E-state index in [1.54, 1.807) is 18.3 Å². The Kier molecular flexibility index (Phi) is 4.16. The van der Waals surface area contributed by atoms with Crippen LogP contribution in [0.3, 0.4) is 0 Å². The molecule has 2 N–H and O–H groups in total. The van der Waals surface area contributed by atoms with Crippen molar-refractivity contribution in [2.24, 2.45) is 0 Å². The van der Waals surface area contributed by atoms with E-state index in [2.05, 4.69) is 25.7 Å². The van der Waals surface area contributed by atoms with Gasteiger partial charge in [0, 0.05) is 17.5 Å². The molecule has 1 aromatic carbocycles. The van der Waals surface area contributed by atoms with Gasteiger partial charge in [-0.15, -0.1) is 10.2 Å². The number of halogens is 1. The molecule has 1 fully saturated rings. The molecule has 3 heterocycles. The molecule has 1 unspecified atom stereocenters. The Morgan fingerprint density at radius 2 is 2.22 bits per heavy atom. The molecule has 3 aromatic rings. The van der Waals surface area contributed by atoms with Gasteiger partial charge in [-0.25, -0.2) is 4.39 Å². The summed E-state index contributed by atoms with van der Waals surface area (Å²) in [7, 11) is 0. The van der Waals surface area contributed by atoms with Crippen molar-refractivity contribution in [3.05, 3.63) is 36.5 Å². The van der Waals surface area contributed by atoms with Crippen LogP contribution in [-0.4, -0.2) is 50.0 Å². The highest BCUT2D eigenvalue weighted by Gasteiger charge is 2.42. The second-order valence-electron chi connectivity index (χ2n) is 6.49. The van der Waals surface area contributed by atoms with Crippen LogP contribution in [0.2, 0.25) is 0 Å². The Morgan fingerprint density at radius 1 is 1.33 bits per heavy atom. The van der Waals surface area contributed by atoms with Crippen LogP contribution in [0.5, 0.6) is 0 Å². The molecule has 4 rings (SSSR count). The van der Waals surface area contributed by atoms with Crippen LogP contribution in [-0.2, 0) is 4.79 Å². The first-order valence-corrected chi connectivity index (χ1v) is 8.50. The maximum atomic E-state index is 14.9. The summed E-state index contributed by atoms with van der Waals surface area (Å²) in [5.41, 5.74) is 0.154. The first-order valence-electron chi connectivity index (χ1n) is 8.50. The highest BCUT2D eigenvalue weighted by Crippen LogP contribution is 2.28. The van der Waals surface area contributed by atoms with E-state index < -0.39 is 11.6 Å². The van der Waals surface area contributed by atoms with E-state index in [4.69, 9.17) is 5.26 Å². The van der Waals surface area contributed by atoms with Crippen molar-refractivity contribution in [3.8, 4) is 17.5 Å². The lowest BCUT2D eigenvalue weighted by Gasteiger charge is -2.32. The van der Waals surface area contributed by atoms with Crippen molar-refractivity contribution in [3.63, 3.8) is 0 Å². The Morgan fingerprint density at radius 3 is 3.00 bits per heavy atom. The topological polar surface area (TPSA) is 111 Å². The largest absolute Gasteiger partial charge is 0.307 e. The Bertz CT molecular complexity index is 1030. The SMILES string of the molecule is N#CN1CCCC(F)(C(=O)Nc2ccc(-c3cccc4cn[nH]c34)nn2)C1. The highest BCUT2D eigenvalue weighted by molar-refractivity contribution is 5.97. The number of anilines is 1. The fourth-order valence-corrected chi connectivity index (χ4v) is 3.23. The Hall–Kier alpha value is -3.54. The number of aromatic nitrogens is 4. The number of carbonyl (C=O) groups excluding carboxylic acids is 1. The van der Waals surface area contributed by atoms with Crippen LogP contribution < -0.4 is 5.32 Å². The van der Waals surface area contributed by atoms with Crippen molar-refractivity contribution >= 4 is 22.6 Å². The van der Waals surface area contributed by atoms with Gasteiger partial charge in [0.15, 0.2) is 12.0 Å². The summed E-state index contributed by atoms with van der Waals surface area (Å²) in [6.07, 6.45) is 4.13. The van der Waals surface area contributed by atoms with Gasteiger partial charge in [0.2, 0.25) is 5.67 Å². The van der Waals surface area contributed by atoms with Gasteiger partial charge in [0.1, 0.15) is 0 Å². The third-order valence-corrected chi connectivity index (χ3v) is 4.65. The number of rotatable bonds is 3. The molecular weight excluding hydrogens is 349 g/mol. The van der Waals surface area contributed by atoms with E-state index in [1.165, 1.54) is 4.90 Å². The van der Waals surface area contributed by atoms with E-state index in [1.807, 2.05) is 24.4 Å². The summed E-state index contributed by atoms with van der Waals surface area (Å²) in [5.74, 6) is -0.646. The van der Waals surface area contributed by atoms with Crippen molar-refractivity contribution in [1.82, 2.24) is 25.3 Å². The van der Waals surface area contributed by atoms with Crippen molar-refractivity contribution in [2.45, 2.75) is 18.5 Å². The number of amides is 1. The Balaban J connectivity index is 1.52. The summed E-state index contributed by atoms with van der Waals surface area (Å²) in [4.78, 5) is 13.6. The summed E-state index contributed by atoms with van der Waals surface area (Å²) < 4.78 is 14.9. The van der Waals surface area contributed by atoms with Crippen LogP contribution in [0.1, 0.15) is 12.8 Å². The molecule has 1 aliphatic heterocycles. The highest BCUT2D eigenvalue weighted by atomic mass is 19.1. The van der Waals surface area contributed by atoms with Crippen LogP contribution >= 0.6 is 0 Å². The minimum atomic E-state index is -2.12. The molecule has 1 saturated heterocycles. The molecule has 136 valence electrons. The van der Waals surface area contributed by atoms with E-state index in [9.17, 15) is 9.18 Å². The lowest BCUT2D eigenvalue weighted by molar-refractivity contribution is -0.130. The molecule has 0 bridgehead atoms. The maximum absolute atomic E-state index is 14.9. The minimum Gasteiger partial charge on any atom is -0.307 e. The Labute approximate surface area is 154 Å². The second kappa shape index (κ2) is 6.64. The second-order valence-corrected chi connectivity index (χ2v) is 6.49. The quantitative estimate of drug-likeness (QED) is 0.689. The number of aromatic amines is 1. The predicted molar refractivity (Wildman–Crippen MR) is 96.0 cm³/mol. The number of fused-ring (bicyclic) bond motifs is 1. The monoisotopic (exact) mass is 365 g/mol. The number of likely N-dealkylation sites (tertiary alicyclic amines) is 1. The summed E-state index contributed by atoms with van der Waals surface area (Å²) in [6.45, 7) is 0.214. The third kappa shape index (κ3) is 3.17. The molecule has 0 aliphatic carbocycles. The first kappa shape index (κ1) is 16.9. The van der Waals surface area contributed by atoms with Gasteiger partial charge in [0.25, 0.3) is 5.91 Å². The number of nitriles is 1. The molecule has 1 aliphatic rings. The molecule has 27 heavy (non-hydrogen) atoms. The van der Waals surface area contributed by atoms with Crippen LogP contribution in [0, 0.1) is 11.5 Å². The van der Waals surface area contributed by atoms with Gasteiger partial charge in [-0.2, -0.15) is 10.4 Å². The van der Waals surface area contributed by atoms with Gasteiger partial charge >= 0.3 is 0 Å². The van der Waals surface area contributed by atoms with Crippen LogP contribution in [0.25, 0.3) is 22.2 Å². The summed E-state index contributed by atoms with van der Waals surface area (Å²) in [5, 5.41) is 27.4. The number of nitrogens with zero attached hydrogens (tertiary/aromatic N) is 5. The molecule has 1 atom stereocenters. The number of H-pyrrole nitrogens is 1. The number of nitrogens with one attached hydrogen (secondary N) is 2. The molecule has 1 amide bonds. The average molecular weight is 365 g/mol. The minimum absolute atomic E-state index is 0.0738. The number of alkyl halides is 1. The molecule has 2 aromatic heterocycles. The number of benzene rings is 1. The van der Waals surface area contributed by atoms with Gasteiger partial charge in [0.05, 0.1) is 24.0 Å².